The molecule has 0 aliphatic carbocycles. The number of aliphatic carboxylic acids is 1. The second-order valence-electron chi connectivity index (χ2n) is 6.73. The molecule has 2 aliphatic heterocycles. The molecular weight excluding hydrogens is 323 g/mol. The molecule has 25 heavy (non-hydrogen) atoms. The molecule has 0 unspecified atom stereocenters. The van der Waals surface area contributed by atoms with Crippen LogP contribution in [-0.2, 0) is 33.8 Å². The van der Waals surface area contributed by atoms with Crippen LogP contribution in [0.4, 0.5) is 0 Å². The van der Waals surface area contributed by atoms with E-state index in [9.17, 15) is 14.6 Å². The molecule has 7 nitrogen and oxygen atoms in total. The van der Waals surface area contributed by atoms with Crippen molar-refractivity contribution in [2.45, 2.75) is 57.2 Å². The first kappa shape index (κ1) is 17.9. The lowest BCUT2D eigenvalue weighted by atomic mass is 9.76. The Kier molecular flexibility index (Phi) is 5.72. The van der Waals surface area contributed by atoms with Crippen LogP contribution < -0.4 is 10.6 Å². The zero-order valence-corrected chi connectivity index (χ0v) is 14.0. The maximum absolute atomic E-state index is 12.3. The maximum Gasteiger partial charge on any atom is 0.478 e. The fourth-order valence-electron chi connectivity index (χ4n) is 3.46. The van der Waals surface area contributed by atoms with E-state index >= 15 is 0 Å². The summed E-state index contributed by atoms with van der Waals surface area (Å²) >= 11 is 0. The molecule has 1 aromatic carbocycles. The number of benzene rings is 1. The molecule has 1 aromatic rings. The Morgan fingerprint density at radius 1 is 1.28 bits per heavy atom. The van der Waals surface area contributed by atoms with Crippen LogP contribution in [0.25, 0.3) is 0 Å². The molecule has 1 saturated heterocycles. The van der Waals surface area contributed by atoms with Gasteiger partial charge in [0.05, 0.1) is 24.9 Å². The van der Waals surface area contributed by atoms with E-state index in [1.807, 2.05) is 18.2 Å². The van der Waals surface area contributed by atoms with Crippen LogP contribution in [0.5, 0.6) is 0 Å². The summed E-state index contributed by atoms with van der Waals surface area (Å²) in [5, 5.41) is 25.1. The minimum atomic E-state index is -1.18. The summed E-state index contributed by atoms with van der Waals surface area (Å²) in [6.45, 7) is 1.69. The summed E-state index contributed by atoms with van der Waals surface area (Å²) in [4.78, 5) is 23.1. The summed E-state index contributed by atoms with van der Waals surface area (Å²) in [6.07, 6.45) is 1.42. The van der Waals surface area contributed by atoms with Crippen molar-refractivity contribution in [1.82, 2.24) is 10.6 Å². The Morgan fingerprint density at radius 3 is 2.88 bits per heavy atom. The zero-order chi connectivity index (χ0) is 17.8. The van der Waals surface area contributed by atoms with Crippen LogP contribution in [0.15, 0.2) is 18.2 Å². The van der Waals surface area contributed by atoms with Gasteiger partial charge in [-0.3, -0.25) is 9.59 Å². The zero-order valence-electron chi connectivity index (χ0n) is 14.0. The van der Waals surface area contributed by atoms with Crippen molar-refractivity contribution in [3.63, 3.8) is 0 Å². The van der Waals surface area contributed by atoms with Gasteiger partial charge in [0.25, 0.3) is 0 Å². The monoisotopic (exact) mass is 346 g/mol. The predicted molar refractivity (Wildman–Crippen MR) is 91.6 cm³/mol. The molecule has 2 atom stereocenters. The molecule has 1 fully saturated rings. The molecule has 2 aliphatic rings. The molecule has 1 amide bonds. The van der Waals surface area contributed by atoms with Gasteiger partial charge in [0.1, 0.15) is 0 Å². The largest absolute Gasteiger partial charge is 0.481 e. The molecule has 3 rings (SSSR count). The topological polar surface area (TPSA) is 108 Å². The Labute approximate surface area is 146 Å². The fraction of sp³-hybridized carbons (Fsp3) is 0.529. The summed E-state index contributed by atoms with van der Waals surface area (Å²) < 4.78 is 5.40. The normalized spacial score (nSPS) is 23.0. The number of hydrogen-bond donors (Lipinski definition) is 4. The number of carbonyl (C=O) groups is 2. The number of hydrogen-bond acceptors (Lipinski definition) is 5. The second kappa shape index (κ2) is 7.99. The molecule has 0 bridgehead atoms. The van der Waals surface area contributed by atoms with Gasteiger partial charge < -0.3 is 25.4 Å². The number of amides is 1. The van der Waals surface area contributed by atoms with Gasteiger partial charge >= 0.3 is 13.1 Å². The van der Waals surface area contributed by atoms with E-state index < -0.39 is 25.1 Å². The first-order chi connectivity index (χ1) is 12.0. The summed E-state index contributed by atoms with van der Waals surface area (Å²) in [5.74, 6) is -1.64. The molecule has 0 radical (unpaired) electrons. The van der Waals surface area contributed by atoms with Crippen molar-refractivity contribution in [2.24, 2.45) is 0 Å². The smallest absolute Gasteiger partial charge is 0.478 e. The fourth-order valence-corrected chi connectivity index (χ4v) is 3.46. The van der Waals surface area contributed by atoms with Crippen LogP contribution in [0.2, 0.25) is 0 Å². The SMILES string of the molecule is O=C(O)C[C@H]1CCC[C@H](NC(=O)Cc2ccc3c(c2)CNC3)B(O)O1. The number of nitrogens with one attached hydrogen (secondary N) is 2. The number of carboxylic acids is 1. The Bertz CT molecular complexity index is 654. The van der Waals surface area contributed by atoms with Gasteiger partial charge in [0, 0.05) is 13.1 Å². The van der Waals surface area contributed by atoms with Crippen LogP contribution in [0.3, 0.4) is 0 Å². The van der Waals surface area contributed by atoms with Crippen molar-refractivity contribution >= 4 is 19.0 Å². The number of carboxylic acid groups (broad SMARTS) is 1. The van der Waals surface area contributed by atoms with Gasteiger partial charge in [-0.2, -0.15) is 0 Å². The molecule has 2 heterocycles. The van der Waals surface area contributed by atoms with E-state index in [-0.39, 0.29) is 18.7 Å². The van der Waals surface area contributed by atoms with Crippen LogP contribution in [-0.4, -0.2) is 41.2 Å². The quantitative estimate of drug-likeness (QED) is 0.574. The third-order valence-corrected chi connectivity index (χ3v) is 4.73. The van der Waals surface area contributed by atoms with E-state index in [2.05, 4.69) is 10.6 Å². The third kappa shape index (κ3) is 4.81. The van der Waals surface area contributed by atoms with Gasteiger partial charge in [-0.1, -0.05) is 18.2 Å². The Balaban J connectivity index is 1.54. The highest BCUT2D eigenvalue weighted by atomic mass is 16.5. The van der Waals surface area contributed by atoms with Crippen molar-refractivity contribution in [3.8, 4) is 0 Å². The molecule has 0 saturated carbocycles. The first-order valence-electron chi connectivity index (χ1n) is 8.67. The van der Waals surface area contributed by atoms with Gasteiger partial charge in [-0.15, -0.1) is 0 Å². The maximum atomic E-state index is 12.3. The van der Waals surface area contributed by atoms with E-state index in [0.29, 0.717) is 19.3 Å². The minimum absolute atomic E-state index is 0.138. The number of carbonyl (C=O) groups excluding carboxylic acids is 1. The molecule has 8 heteroatoms. The highest BCUT2D eigenvalue weighted by Gasteiger charge is 2.34. The standard InChI is InChI=1S/C17H23BN2O5/c21-16(7-11-4-5-12-9-19-10-13(12)6-11)20-15-3-1-2-14(8-17(22)23)25-18(15)24/h4-6,14-15,19,24H,1-3,7-10H2,(H,20,21)(H,22,23)/t14-,15+/m1/s1. The summed E-state index contributed by atoms with van der Waals surface area (Å²) in [7, 11) is -1.18. The lowest BCUT2D eigenvalue weighted by Crippen LogP contribution is -2.48. The highest BCUT2D eigenvalue weighted by molar-refractivity contribution is 6.45. The second-order valence-corrected chi connectivity index (χ2v) is 6.73. The number of fused-ring (bicyclic) bond motifs is 1. The summed E-state index contributed by atoms with van der Waals surface area (Å²) in [6, 6.07) is 6.03. The molecule has 0 aromatic heterocycles. The van der Waals surface area contributed by atoms with E-state index in [1.54, 1.807) is 0 Å². The van der Waals surface area contributed by atoms with Gasteiger partial charge in [-0.05, 0) is 36.0 Å². The van der Waals surface area contributed by atoms with Crippen molar-refractivity contribution < 1.29 is 24.4 Å². The lowest BCUT2D eigenvalue weighted by Gasteiger charge is -2.20. The van der Waals surface area contributed by atoms with Crippen molar-refractivity contribution in [2.75, 3.05) is 0 Å². The van der Waals surface area contributed by atoms with Crippen LogP contribution in [0.1, 0.15) is 42.4 Å². The predicted octanol–water partition coefficient (Wildman–Crippen LogP) is 0.381. The van der Waals surface area contributed by atoms with Gasteiger partial charge in [0.2, 0.25) is 5.91 Å². The highest BCUT2D eigenvalue weighted by Crippen LogP contribution is 2.19. The van der Waals surface area contributed by atoms with Crippen molar-refractivity contribution in [1.29, 1.82) is 0 Å². The van der Waals surface area contributed by atoms with Crippen LogP contribution in [0, 0.1) is 0 Å². The third-order valence-electron chi connectivity index (χ3n) is 4.73. The average Bonchev–Trinajstić information content (AvgIpc) is 2.93. The van der Waals surface area contributed by atoms with Crippen LogP contribution >= 0.6 is 0 Å². The molecule has 134 valence electrons. The molecule has 4 N–H and O–H groups in total. The Morgan fingerprint density at radius 2 is 2.08 bits per heavy atom. The average molecular weight is 346 g/mol. The first-order valence-corrected chi connectivity index (χ1v) is 8.67. The van der Waals surface area contributed by atoms with Gasteiger partial charge in [0.15, 0.2) is 0 Å². The van der Waals surface area contributed by atoms with Gasteiger partial charge in [-0.25, -0.2) is 0 Å². The van der Waals surface area contributed by atoms with E-state index in [4.69, 9.17) is 9.76 Å². The van der Waals surface area contributed by atoms with E-state index in [1.165, 1.54) is 11.1 Å². The number of rotatable bonds is 5. The molecule has 0 spiro atoms. The minimum Gasteiger partial charge on any atom is -0.481 e. The Hall–Kier alpha value is -1.90. The van der Waals surface area contributed by atoms with Crippen molar-refractivity contribution in [3.05, 3.63) is 34.9 Å². The van der Waals surface area contributed by atoms with E-state index in [0.717, 1.165) is 18.7 Å². The summed E-state index contributed by atoms with van der Waals surface area (Å²) in [5.41, 5.74) is 3.42. The lowest BCUT2D eigenvalue weighted by molar-refractivity contribution is -0.139. The molecular formula is C17H23BN2O5.